The molecule has 0 bridgehead atoms. The number of furan rings is 1. The molecule has 10 aromatic rings. The highest BCUT2D eigenvalue weighted by atomic mass is 16.3. The molecule has 0 spiro atoms. The van der Waals surface area contributed by atoms with Gasteiger partial charge >= 0.3 is 0 Å². The second-order valence-electron chi connectivity index (χ2n) is 14.9. The molecular weight excluding hydrogens is 657 g/mol. The molecule has 8 aromatic carbocycles. The molecule has 3 nitrogen and oxygen atoms in total. The van der Waals surface area contributed by atoms with Crippen LogP contribution in [0.15, 0.2) is 186 Å². The van der Waals surface area contributed by atoms with Crippen LogP contribution in [0.3, 0.4) is 0 Å². The maximum absolute atomic E-state index is 6.57. The van der Waals surface area contributed by atoms with E-state index in [1.54, 1.807) is 0 Å². The summed E-state index contributed by atoms with van der Waals surface area (Å²) in [6, 6.07) is 65.7. The molecule has 1 aliphatic rings. The average Bonchev–Trinajstić information content (AvgIpc) is 3.85. The standard InChI is InChI=1S/C51H36N2O/c1-51(2)43-25-9-6-23-42(43)48-44(51)30-29-40-38-21-7-10-26-45(38)53(49(40)48)37-20-13-16-34(32-37)33-15-12-19-36(31-33)52(35-17-4-3-5-18-35)46-27-14-24-41-39-22-8-11-28-47(39)54-50(41)46/h3-32H,1-2H3. The van der Waals surface area contributed by atoms with Crippen LogP contribution in [0.25, 0.3) is 71.7 Å². The van der Waals surface area contributed by atoms with Gasteiger partial charge in [-0.3, -0.25) is 0 Å². The number of aromatic nitrogens is 1. The normalized spacial score (nSPS) is 13.1. The van der Waals surface area contributed by atoms with Crippen LogP contribution in [0.1, 0.15) is 25.0 Å². The lowest BCUT2D eigenvalue weighted by atomic mass is 9.82. The van der Waals surface area contributed by atoms with Gasteiger partial charge in [-0.1, -0.05) is 141 Å². The second-order valence-corrected chi connectivity index (χ2v) is 14.9. The predicted octanol–water partition coefficient (Wildman–Crippen LogP) is 14.1. The van der Waals surface area contributed by atoms with Crippen molar-refractivity contribution >= 4 is 60.8 Å². The molecule has 3 heteroatoms. The zero-order chi connectivity index (χ0) is 36.0. The van der Waals surface area contributed by atoms with Crippen molar-refractivity contribution in [1.29, 1.82) is 0 Å². The van der Waals surface area contributed by atoms with Crippen molar-refractivity contribution in [2.45, 2.75) is 19.3 Å². The molecule has 0 radical (unpaired) electrons. The molecule has 1 aliphatic carbocycles. The van der Waals surface area contributed by atoms with Crippen LogP contribution in [0.2, 0.25) is 0 Å². The van der Waals surface area contributed by atoms with Gasteiger partial charge in [-0.25, -0.2) is 0 Å². The smallest absolute Gasteiger partial charge is 0.159 e. The largest absolute Gasteiger partial charge is 0.454 e. The van der Waals surface area contributed by atoms with E-state index in [1.807, 2.05) is 12.1 Å². The molecule has 0 fully saturated rings. The Labute approximate surface area is 314 Å². The predicted molar refractivity (Wildman–Crippen MR) is 226 cm³/mol. The Morgan fingerprint density at radius 1 is 0.500 bits per heavy atom. The zero-order valence-electron chi connectivity index (χ0n) is 30.1. The van der Waals surface area contributed by atoms with Gasteiger partial charge in [0.2, 0.25) is 0 Å². The van der Waals surface area contributed by atoms with E-state index in [-0.39, 0.29) is 5.41 Å². The lowest BCUT2D eigenvalue weighted by Gasteiger charge is -2.26. The molecule has 0 unspecified atom stereocenters. The van der Waals surface area contributed by atoms with E-state index in [0.717, 1.165) is 55.8 Å². The number of para-hydroxylation sites is 4. The lowest BCUT2D eigenvalue weighted by Crippen LogP contribution is -2.14. The van der Waals surface area contributed by atoms with Gasteiger partial charge in [0.05, 0.1) is 16.7 Å². The number of hydrogen-bond donors (Lipinski definition) is 0. The first-order valence-electron chi connectivity index (χ1n) is 18.7. The van der Waals surface area contributed by atoms with Crippen LogP contribution in [0.4, 0.5) is 17.1 Å². The minimum atomic E-state index is -0.0823. The lowest BCUT2D eigenvalue weighted by molar-refractivity contribution is 0.661. The van der Waals surface area contributed by atoms with Crippen molar-refractivity contribution in [1.82, 2.24) is 4.57 Å². The van der Waals surface area contributed by atoms with Crippen molar-refractivity contribution < 1.29 is 4.42 Å². The van der Waals surface area contributed by atoms with Crippen LogP contribution in [0.5, 0.6) is 0 Å². The Morgan fingerprint density at radius 3 is 2.07 bits per heavy atom. The summed E-state index contributed by atoms with van der Waals surface area (Å²) in [7, 11) is 0. The van der Waals surface area contributed by atoms with Crippen LogP contribution in [0, 0.1) is 0 Å². The summed E-state index contributed by atoms with van der Waals surface area (Å²) in [5, 5.41) is 4.78. The molecule has 0 N–H and O–H groups in total. The number of nitrogens with zero attached hydrogens (tertiary/aromatic N) is 2. The highest BCUT2D eigenvalue weighted by Crippen LogP contribution is 2.53. The van der Waals surface area contributed by atoms with Gasteiger partial charge in [0.25, 0.3) is 0 Å². The minimum absolute atomic E-state index is 0.0823. The van der Waals surface area contributed by atoms with Crippen molar-refractivity contribution in [2.75, 3.05) is 4.90 Å². The van der Waals surface area contributed by atoms with Crippen molar-refractivity contribution in [3.8, 4) is 27.9 Å². The van der Waals surface area contributed by atoms with Crippen LogP contribution in [-0.2, 0) is 5.41 Å². The first-order chi connectivity index (χ1) is 26.6. The quantitative estimate of drug-likeness (QED) is 0.179. The second kappa shape index (κ2) is 11.6. The molecule has 54 heavy (non-hydrogen) atoms. The Hall–Kier alpha value is -6.84. The van der Waals surface area contributed by atoms with Crippen LogP contribution < -0.4 is 4.90 Å². The van der Waals surface area contributed by atoms with Crippen LogP contribution >= 0.6 is 0 Å². The molecule has 256 valence electrons. The van der Waals surface area contributed by atoms with Gasteiger partial charge in [-0.05, 0) is 82.4 Å². The monoisotopic (exact) mass is 692 g/mol. The Kier molecular flexibility index (Phi) is 6.60. The average molecular weight is 693 g/mol. The first-order valence-corrected chi connectivity index (χ1v) is 18.7. The van der Waals surface area contributed by atoms with E-state index >= 15 is 0 Å². The van der Waals surface area contributed by atoms with Gasteiger partial charge in [0.1, 0.15) is 5.58 Å². The van der Waals surface area contributed by atoms with Gasteiger partial charge in [0.15, 0.2) is 5.58 Å². The fourth-order valence-electron chi connectivity index (χ4n) is 9.07. The molecule has 0 aliphatic heterocycles. The summed E-state index contributed by atoms with van der Waals surface area (Å²) in [4.78, 5) is 2.31. The summed E-state index contributed by atoms with van der Waals surface area (Å²) >= 11 is 0. The molecule has 2 heterocycles. The van der Waals surface area contributed by atoms with Crippen LogP contribution in [-0.4, -0.2) is 4.57 Å². The van der Waals surface area contributed by atoms with Crippen molar-refractivity contribution in [2.24, 2.45) is 0 Å². The van der Waals surface area contributed by atoms with E-state index < -0.39 is 0 Å². The Bertz CT molecular complexity index is 3090. The highest BCUT2D eigenvalue weighted by molar-refractivity contribution is 6.16. The third kappa shape index (κ3) is 4.42. The minimum Gasteiger partial charge on any atom is -0.454 e. The maximum atomic E-state index is 6.57. The number of rotatable bonds is 5. The van der Waals surface area contributed by atoms with Gasteiger partial charge in [-0.2, -0.15) is 0 Å². The van der Waals surface area contributed by atoms with Gasteiger partial charge in [0, 0.05) is 49.6 Å². The highest BCUT2D eigenvalue weighted by Gasteiger charge is 2.37. The third-order valence-corrected chi connectivity index (χ3v) is 11.6. The zero-order valence-corrected chi connectivity index (χ0v) is 30.1. The molecule has 0 saturated heterocycles. The van der Waals surface area contributed by atoms with Crippen molar-refractivity contribution in [3.05, 3.63) is 193 Å². The molecule has 11 rings (SSSR count). The molecule has 0 saturated carbocycles. The van der Waals surface area contributed by atoms with E-state index in [1.165, 1.54) is 44.1 Å². The summed E-state index contributed by atoms with van der Waals surface area (Å²) < 4.78 is 9.07. The molecule has 2 aromatic heterocycles. The summed E-state index contributed by atoms with van der Waals surface area (Å²) in [6.45, 7) is 4.72. The molecule has 0 atom stereocenters. The number of fused-ring (bicyclic) bond motifs is 10. The van der Waals surface area contributed by atoms with E-state index in [4.69, 9.17) is 4.42 Å². The van der Waals surface area contributed by atoms with E-state index in [2.05, 4.69) is 193 Å². The summed E-state index contributed by atoms with van der Waals surface area (Å²) in [5.74, 6) is 0. The SMILES string of the molecule is CC1(C)c2ccccc2-c2c1ccc1c3ccccc3n(-c3cccc(-c4cccc(N(c5ccccc5)c5cccc6c5oc5ccccc56)c4)c3)c21. The molecular formula is C51H36N2O. The van der Waals surface area contributed by atoms with Gasteiger partial charge in [-0.15, -0.1) is 0 Å². The number of hydrogen-bond acceptors (Lipinski definition) is 2. The van der Waals surface area contributed by atoms with Gasteiger partial charge < -0.3 is 13.9 Å². The third-order valence-electron chi connectivity index (χ3n) is 11.6. The Balaban J connectivity index is 1.10. The topological polar surface area (TPSA) is 21.3 Å². The summed E-state index contributed by atoms with van der Waals surface area (Å²) in [6.07, 6.45) is 0. The van der Waals surface area contributed by atoms with E-state index in [0.29, 0.717) is 0 Å². The summed E-state index contributed by atoms with van der Waals surface area (Å²) in [5.41, 5.74) is 16.2. The fraction of sp³-hybridized carbons (Fsp3) is 0.0588. The van der Waals surface area contributed by atoms with E-state index in [9.17, 15) is 0 Å². The first kappa shape index (κ1) is 30.8. The number of anilines is 3. The number of benzene rings is 8. The Morgan fingerprint density at radius 2 is 1.19 bits per heavy atom. The van der Waals surface area contributed by atoms with Crippen molar-refractivity contribution in [3.63, 3.8) is 0 Å². The maximum Gasteiger partial charge on any atom is 0.159 e. The fourth-order valence-corrected chi connectivity index (χ4v) is 9.07. The molecule has 0 amide bonds.